The van der Waals surface area contributed by atoms with Crippen LogP contribution in [0.5, 0.6) is 11.8 Å². The van der Waals surface area contributed by atoms with Gasteiger partial charge in [0, 0.05) is 27.7 Å². The summed E-state index contributed by atoms with van der Waals surface area (Å²) in [4.78, 5) is 8.04. The average molecular weight is 313 g/mol. The fourth-order valence-corrected chi connectivity index (χ4v) is 1.32. The Labute approximate surface area is 101 Å². The Morgan fingerprint density at radius 3 is 2.60 bits per heavy atom. The van der Waals surface area contributed by atoms with Crippen molar-refractivity contribution in [2.24, 2.45) is 0 Å². The second-order valence-corrected chi connectivity index (χ2v) is 4.10. The summed E-state index contributed by atoms with van der Waals surface area (Å²) in [6.45, 7) is 0. The minimum absolute atomic E-state index is 0.320. The van der Waals surface area contributed by atoms with Gasteiger partial charge in [-0.15, -0.1) is 0 Å². The first kappa shape index (κ1) is 10.2. The molecule has 0 bridgehead atoms. The molecule has 0 aliphatic heterocycles. The van der Waals surface area contributed by atoms with E-state index in [0.717, 1.165) is 3.57 Å². The molecule has 0 aliphatic rings. The molecule has 0 saturated carbocycles. The van der Waals surface area contributed by atoms with E-state index in [-0.39, 0.29) is 0 Å². The smallest absolute Gasteiger partial charge is 0.321 e. The van der Waals surface area contributed by atoms with Gasteiger partial charge in [-0.2, -0.15) is 0 Å². The fourth-order valence-electron chi connectivity index (χ4n) is 1.04. The molecule has 2 aromatic rings. The maximum absolute atomic E-state index is 5.61. The molecule has 1 heterocycles. The van der Waals surface area contributed by atoms with Gasteiger partial charge < -0.3 is 10.5 Å². The van der Waals surface area contributed by atoms with Crippen molar-refractivity contribution in [3.05, 3.63) is 40.2 Å². The molecule has 0 fully saturated rings. The second kappa shape index (κ2) is 4.43. The van der Waals surface area contributed by atoms with Crippen LogP contribution in [-0.2, 0) is 0 Å². The van der Waals surface area contributed by atoms with Crippen LogP contribution in [0.3, 0.4) is 0 Å². The van der Waals surface area contributed by atoms with Crippen molar-refractivity contribution in [3.8, 4) is 11.8 Å². The molecule has 76 valence electrons. The van der Waals surface area contributed by atoms with E-state index in [0.29, 0.717) is 17.4 Å². The summed E-state index contributed by atoms with van der Waals surface area (Å²) in [5.41, 5.74) is 6.27. The second-order valence-electron chi connectivity index (χ2n) is 2.86. The zero-order valence-electron chi connectivity index (χ0n) is 7.72. The van der Waals surface area contributed by atoms with Crippen molar-refractivity contribution in [2.75, 3.05) is 5.73 Å². The number of anilines is 1. The third kappa shape index (κ3) is 2.79. The molecule has 2 N–H and O–H groups in total. The molecule has 0 saturated heterocycles. The van der Waals surface area contributed by atoms with E-state index in [9.17, 15) is 0 Å². The predicted octanol–water partition coefficient (Wildman–Crippen LogP) is 2.46. The van der Waals surface area contributed by atoms with Gasteiger partial charge in [-0.25, -0.2) is 9.97 Å². The summed E-state index contributed by atoms with van der Waals surface area (Å²) in [6, 6.07) is 7.46. The van der Waals surface area contributed by atoms with E-state index in [2.05, 4.69) is 32.6 Å². The third-order valence-corrected chi connectivity index (χ3v) is 2.22. The van der Waals surface area contributed by atoms with Crippen LogP contribution in [0.15, 0.2) is 36.7 Å². The Balaban J connectivity index is 2.18. The van der Waals surface area contributed by atoms with Gasteiger partial charge in [0.05, 0.1) is 0 Å². The quantitative estimate of drug-likeness (QED) is 0.683. The Kier molecular flexibility index (Phi) is 3.00. The number of ether oxygens (including phenoxy) is 1. The number of aromatic nitrogens is 2. The van der Waals surface area contributed by atoms with Crippen LogP contribution in [0.2, 0.25) is 0 Å². The van der Waals surface area contributed by atoms with E-state index in [1.807, 2.05) is 6.07 Å². The van der Waals surface area contributed by atoms with Gasteiger partial charge in [0.1, 0.15) is 5.75 Å². The van der Waals surface area contributed by atoms with Crippen molar-refractivity contribution in [1.29, 1.82) is 0 Å². The van der Waals surface area contributed by atoms with Gasteiger partial charge in [0.2, 0.25) is 0 Å². The normalized spacial score (nSPS) is 9.93. The van der Waals surface area contributed by atoms with Crippen LogP contribution < -0.4 is 10.5 Å². The molecule has 1 aromatic heterocycles. The zero-order valence-corrected chi connectivity index (χ0v) is 9.88. The van der Waals surface area contributed by atoms with Crippen molar-refractivity contribution in [3.63, 3.8) is 0 Å². The van der Waals surface area contributed by atoms with Crippen LogP contribution in [0, 0.1) is 3.57 Å². The van der Waals surface area contributed by atoms with E-state index in [1.165, 1.54) is 0 Å². The van der Waals surface area contributed by atoms with Crippen molar-refractivity contribution < 1.29 is 4.74 Å². The molecule has 0 radical (unpaired) electrons. The Morgan fingerprint density at radius 2 is 1.93 bits per heavy atom. The highest BCUT2D eigenvalue weighted by molar-refractivity contribution is 14.1. The minimum atomic E-state index is 0.320. The summed E-state index contributed by atoms with van der Waals surface area (Å²) < 4.78 is 6.37. The van der Waals surface area contributed by atoms with Crippen LogP contribution in [-0.4, -0.2) is 9.97 Å². The number of nitrogens with zero attached hydrogens (tertiary/aromatic N) is 2. The van der Waals surface area contributed by atoms with E-state index in [1.54, 1.807) is 30.6 Å². The molecule has 0 unspecified atom stereocenters. The molecule has 2 rings (SSSR count). The summed E-state index contributed by atoms with van der Waals surface area (Å²) in [5, 5.41) is 0. The number of hydrogen-bond acceptors (Lipinski definition) is 4. The molecule has 0 amide bonds. The molecule has 0 spiro atoms. The molecule has 0 aliphatic carbocycles. The van der Waals surface area contributed by atoms with Crippen LogP contribution in [0.1, 0.15) is 0 Å². The van der Waals surface area contributed by atoms with E-state index >= 15 is 0 Å². The summed E-state index contributed by atoms with van der Waals surface area (Å²) in [7, 11) is 0. The molecular formula is C10H8IN3O. The number of halogens is 1. The van der Waals surface area contributed by atoms with Gasteiger partial charge in [0.25, 0.3) is 0 Å². The largest absolute Gasteiger partial charge is 0.424 e. The van der Waals surface area contributed by atoms with Gasteiger partial charge in [-0.1, -0.05) is 6.07 Å². The maximum Gasteiger partial charge on any atom is 0.321 e. The fraction of sp³-hybridized carbons (Fsp3) is 0. The summed E-state index contributed by atoms with van der Waals surface area (Å²) in [5.74, 6) is 0.635. The van der Waals surface area contributed by atoms with Crippen molar-refractivity contribution in [1.82, 2.24) is 9.97 Å². The van der Waals surface area contributed by atoms with Gasteiger partial charge in [-0.3, -0.25) is 0 Å². The SMILES string of the molecule is Nc1cccc(Oc2ncc(I)cn2)c1. The number of nitrogens with two attached hydrogens (primary N) is 1. The number of nitrogen functional groups attached to an aromatic ring is 1. The average Bonchev–Trinajstić information content (AvgIpc) is 2.22. The topological polar surface area (TPSA) is 61.0 Å². The highest BCUT2D eigenvalue weighted by Crippen LogP contribution is 2.19. The Bertz CT molecular complexity index is 458. The Morgan fingerprint density at radius 1 is 1.20 bits per heavy atom. The first-order valence-electron chi connectivity index (χ1n) is 4.25. The zero-order chi connectivity index (χ0) is 10.7. The lowest BCUT2D eigenvalue weighted by Crippen LogP contribution is -1.92. The molecule has 15 heavy (non-hydrogen) atoms. The van der Waals surface area contributed by atoms with Gasteiger partial charge in [-0.05, 0) is 34.7 Å². The lowest BCUT2D eigenvalue weighted by atomic mass is 10.3. The first-order valence-corrected chi connectivity index (χ1v) is 5.33. The number of rotatable bonds is 2. The van der Waals surface area contributed by atoms with Crippen molar-refractivity contribution >= 4 is 28.3 Å². The summed E-state index contributed by atoms with van der Waals surface area (Å²) >= 11 is 2.13. The van der Waals surface area contributed by atoms with Crippen LogP contribution in [0.25, 0.3) is 0 Å². The highest BCUT2D eigenvalue weighted by atomic mass is 127. The van der Waals surface area contributed by atoms with E-state index in [4.69, 9.17) is 10.5 Å². The minimum Gasteiger partial charge on any atom is -0.424 e. The molecule has 0 atom stereocenters. The molecule has 4 nitrogen and oxygen atoms in total. The monoisotopic (exact) mass is 313 g/mol. The number of hydrogen-bond donors (Lipinski definition) is 1. The highest BCUT2D eigenvalue weighted by Gasteiger charge is 1.99. The van der Waals surface area contributed by atoms with Gasteiger partial charge in [0.15, 0.2) is 0 Å². The van der Waals surface area contributed by atoms with E-state index < -0.39 is 0 Å². The number of benzene rings is 1. The summed E-state index contributed by atoms with van der Waals surface area (Å²) in [6.07, 6.45) is 3.38. The standard InChI is InChI=1S/C10H8IN3O/c11-7-5-13-10(14-6-7)15-9-3-1-2-8(12)4-9/h1-6H,12H2. The maximum atomic E-state index is 5.61. The van der Waals surface area contributed by atoms with Crippen LogP contribution >= 0.6 is 22.6 Å². The predicted molar refractivity (Wildman–Crippen MR) is 65.7 cm³/mol. The van der Waals surface area contributed by atoms with Crippen molar-refractivity contribution in [2.45, 2.75) is 0 Å². The van der Waals surface area contributed by atoms with Gasteiger partial charge >= 0.3 is 6.01 Å². The lowest BCUT2D eigenvalue weighted by molar-refractivity contribution is 0.441. The molecule has 1 aromatic carbocycles. The van der Waals surface area contributed by atoms with Crippen LogP contribution in [0.4, 0.5) is 5.69 Å². The Hall–Kier alpha value is -1.37. The first-order chi connectivity index (χ1) is 7.24. The lowest BCUT2D eigenvalue weighted by Gasteiger charge is -2.03. The third-order valence-electron chi connectivity index (χ3n) is 1.66. The molecule has 5 heteroatoms. The molecular weight excluding hydrogens is 305 g/mol.